The fourth-order valence-corrected chi connectivity index (χ4v) is 4.20. The Bertz CT molecular complexity index is 605. The number of likely N-dealkylation sites (tertiary alicyclic amines) is 1. The Hall–Kier alpha value is -1.14. The van der Waals surface area contributed by atoms with Gasteiger partial charge in [0.2, 0.25) is 5.91 Å². The van der Waals surface area contributed by atoms with Crippen molar-refractivity contribution in [3.8, 4) is 0 Å². The fourth-order valence-electron chi connectivity index (χ4n) is 2.35. The minimum atomic E-state index is 0.227. The largest absolute Gasteiger partial charge is 0.342 e. The van der Waals surface area contributed by atoms with E-state index in [0.29, 0.717) is 5.75 Å². The molecule has 6 heteroatoms. The second kappa shape index (κ2) is 6.10. The zero-order valence-electron chi connectivity index (χ0n) is 11.4. The van der Waals surface area contributed by atoms with Crippen LogP contribution in [0.3, 0.4) is 0 Å². The number of nitrogens with zero attached hydrogens (tertiary/aromatic N) is 3. The van der Waals surface area contributed by atoms with E-state index in [9.17, 15) is 4.79 Å². The fraction of sp³-hybridized carbons (Fsp3) is 0.500. The summed E-state index contributed by atoms with van der Waals surface area (Å²) >= 11 is 3.16. The Morgan fingerprint density at radius 1 is 1.45 bits per heavy atom. The van der Waals surface area contributed by atoms with Crippen LogP contribution in [0.2, 0.25) is 0 Å². The third-order valence-electron chi connectivity index (χ3n) is 3.68. The highest BCUT2D eigenvalue weighted by atomic mass is 32.2. The van der Waals surface area contributed by atoms with E-state index in [1.54, 1.807) is 17.7 Å². The lowest BCUT2D eigenvalue weighted by atomic mass is 9.99. The smallest absolute Gasteiger partial charge is 0.232 e. The van der Waals surface area contributed by atoms with Gasteiger partial charge in [0.25, 0.3) is 0 Å². The summed E-state index contributed by atoms with van der Waals surface area (Å²) in [5.74, 6) is 1.45. The number of fused-ring (bicyclic) bond motifs is 1. The van der Waals surface area contributed by atoms with Gasteiger partial charge in [0.1, 0.15) is 11.4 Å². The van der Waals surface area contributed by atoms with Crippen LogP contribution in [0.25, 0.3) is 10.2 Å². The predicted molar refractivity (Wildman–Crippen MR) is 83.1 cm³/mol. The van der Waals surface area contributed by atoms with Crippen molar-refractivity contribution in [2.45, 2.75) is 24.8 Å². The number of piperidine rings is 1. The van der Waals surface area contributed by atoms with Gasteiger partial charge in [-0.1, -0.05) is 18.7 Å². The Morgan fingerprint density at radius 2 is 2.25 bits per heavy atom. The van der Waals surface area contributed by atoms with Crippen LogP contribution in [-0.4, -0.2) is 39.6 Å². The van der Waals surface area contributed by atoms with Crippen LogP contribution in [0.4, 0.5) is 0 Å². The van der Waals surface area contributed by atoms with Crippen LogP contribution in [0.15, 0.2) is 22.8 Å². The van der Waals surface area contributed by atoms with Gasteiger partial charge in [-0.25, -0.2) is 9.97 Å². The average Bonchev–Trinajstić information content (AvgIpc) is 2.94. The number of aromatic nitrogens is 2. The molecule has 0 spiro atoms. The number of carbonyl (C=O) groups excluding carboxylic acids is 1. The van der Waals surface area contributed by atoms with Crippen LogP contribution in [0, 0.1) is 5.92 Å². The highest BCUT2D eigenvalue weighted by Crippen LogP contribution is 2.29. The standard InChI is InChI=1S/C14H17N3OS2/c1-10-2-5-17(6-3-10)12(18)8-20-14-13-11(4-7-19-13)15-9-16-14/h4,7,9-10H,2-3,5-6,8H2,1H3. The SMILES string of the molecule is CC1CCN(C(=O)CSc2ncnc3ccsc23)CC1. The number of rotatable bonds is 3. The molecular formula is C14H17N3OS2. The first-order valence-electron chi connectivity index (χ1n) is 6.83. The normalized spacial score (nSPS) is 16.8. The second-order valence-corrected chi connectivity index (χ2v) is 7.05. The molecule has 1 saturated heterocycles. The molecule has 1 aliphatic heterocycles. The molecule has 2 aromatic rings. The number of thiophene rings is 1. The molecule has 4 nitrogen and oxygen atoms in total. The molecule has 1 aliphatic rings. The van der Waals surface area contributed by atoms with Gasteiger partial charge in [-0.05, 0) is 30.2 Å². The van der Waals surface area contributed by atoms with Crippen molar-refractivity contribution in [2.75, 3.05) is 18.8 Å². The van der Waals surface area contributed by atoms with Crippen molar-refractivity contribution in [2.24, 2.45) is 5.92 Å². The molecule has 0 bridgehead atoms. The highest BCUT2D eigenvalue weighted by Gasteiger charge is 2.20. The first-order chi connectivity index (χ1) is 9.74. The summed E-state index contributed by atoms with van der Waals surface area (Å²) in [7, 11) is 0. The zero-order valence-corrected chi connectivity index (χ0v) is 13.0. The van der Waals surface area contributed by atoms with Crippen molar-refractivity contribution in [3.63, 3.8) is 0 Å². The van der Waals surface area contributed by atoms with E-state index in [-0.39, 0.29) is 5.91 Å². The van der Waals surface area contributed by atoms with E-state index in [0.717, 1.165) is 47.1 Å². The van der Waals surface area contributed by atoms with Gasteiger partial charge in [-0.2, -0.15) is 0 Å². The summed E-state index contributed by atoms with van der Waals surface area (Å²) in [6, 6.07) is 1.99. The third-order valence-corrected chi connectivity index (χ3v) is 5.69. The van der Waals surface area contributed by atoms with Crippen LogP contribution in [0.1, 0.15) is 19.8 Å². The topological polar surface area (TPSA) is 46.1 Å². The summed E-state index contributed by atoms with van der Waals surface area (Å²) in [5, 5.41) is 2.93. The zero-order chi connectivity index (χ0) is 13.9. The quantitative estimate of drug-likeness (QED) is 0.646. The van der Waals surface area contributed by atoms with E-state index < -0.39 is 0 Å². The van der Waals surface area contributed by atoms with Gasteiger partial charge in [-0.15, -0.1) is 11.3 Å². The molecule has 1 amide bonds. The molecule has 0 saturated carbocycles. The van der Waals surface area contributed by atoms with Crippen LogP contribution in [-0.2, 0) is 4.79 Å². The minimum absolute atomic E-state index is 0.227. The molecule has 0 atom stereocenters. The number of amides is 1. The highest BCUT2D eigenvalue weighted by molar-refractivity contribution is 8.00. The maximum absolute atomic E-state index is 12.2. The van der Waals surface area contributed by atoms with E-state index in [4.69, 9.17) is 0 Å². The third kappa shape index (κ3) is 2.96. The molecule has 0 aromatic carbocycles. The number of thioether (sulfide) groups is 1. The van der Waals surface area contributed by atoms with Crippen molar-refractivity contribution in [1.82, 2.24) is 14.9 Å². The lowest BCUT2D eigenvalue weighted by Gasteiger charge is -2.30. The summed E-state index contributed by atoms with van der Waals surface area (Å²) in [6.45, 7) is 4.06. The molecule has 3 rings (SSSR count). The van der Waals surface area contributed by atoms with E-state index in [1.165, 1.54) is 11.8 Å². The van der Waals surface area contributed by atoms with Crippen molar-refractivity contribution >= 4 is 39.2 Å². The summed E-state index contributed by atoms with van der Waals surface area (Å²) in [5.41, 5.74) is 0.965. The predicted octanol–water partition coefficient (Wildman–Crippen LogP) is 3.04. The van der Waals surface area contributed by atoms with Gasteiger partial charge in [0, 0.05) is 13.1 Å². The lowest BCUT2D eigenvalue weighted by molar-refractivity contribution is -0.129. The van der Waals surface area contributed by atoms with Crippen molar-refractivity contribution in [3.05, 3.63) is 17.8 Å². The first-order valence-corrected chi connectivity index (χ1v) is 8.69. The maximum atomic E-state index is 12.2. The molecule has 2 aromatic heterocycles. The number of carbonyl (C=O) groups is 1. The minimum Gasteiger partial charge on any atom is -0.342 e. The molecular weight excluding hydrogens is 290 g/mol. The molecule has 0 radical (unpaired) electrons. The first kappa shape index (κ1) is 13.8. The van der Waals surface area contributed by atoms with Gasteiger partial charge < -0.3 is 4.90 Å². The van der Waals surface area contributed by atoms with Gasteiger partial charge >= 0.3 is 0 Å². The van der Waals surface area contributed by atoms with E-state index in [2.05, 4.69) is 16.9 Å². The van der Waals surface area contributed by atoms with E-state index in [1.807, 2.05) is 16.3 Å². The average molecular weight is 307 g/mol. The monoisotopic (exact) mass is 307 g/mol. The Labute approximate surface area is 126 Å². The Kier molecular flexibility index (Phi) is 4.21. The van der Waals surface area contributed by atoms with Crippen molar-refractivity contribution < 1.29 is 4.79 Å². The summed E-state index contributed by atoms with van der Waals surface area (Å²) in [4.78, 5) is 22.7. The lowest BCUT2D eigenvalue weighted by Crippen LogP contribution is -2.38. The van der Waals surface area contributed by atoms with Gasteiger partial charge in [0.15, 0.2) is 0 Å². The summed E-state index contributed by atoms with van der Waals surface area (Å²) < 4.78 is 1.08. The molecule has 1 fully saturated rings. The van der Waals surface area contributed by atoms with Gasteiger partial charge in [0.05, 0.1) is 16.0 Å². The van der Waals surface area contributed by atoms with Crippen LogP contribution in [0.5, 0.6) is 0 Å². The molecule has 106 valence electrons. The number of hydrogen-bond acceptors (Lipinski definition) is 5. The molecule has 0 N–H and O–H groups in total. The number of hydrogen-bond donors (Lipinski definition) is 0. The molecule has 3 heterocycles. The molecule has 0 unspecified atom stereocenters. The van der Waals surface area contributed by atoms with Gasteiger partial charge in [-0.3, -0.25) is 4.79 Å². The van der Waals surface area contributed by atoms with Crippen LogP contribution < -0.4 is 0 Å². The molecule has 0 aliphatic carbocycles. The van der Waals surface area contributed by atoms with Crippen LogP contribution >= 0.6 is 23.1 Å². The Balaban J connectivity index is 1.62. The second-order valence-electron chi connectivity index (χ2n) is 5.17. The van der Waals surface area contributed by atoms with E-state index >= 15 is 0 Å². The van der Waals surface area contributed by atoms with Crippen molar-refractivity contribution in [1.29, 1.82) is 0 Å². The Morgan fingerprint density at radius 3 is 3.05 bits per heavy atom. The maximum Gasteiger partial charge on any atom is 0.232 e. The summed E-state index contributed by atoms with van der Waals surface area (Å²) in [6.07, 6.45) is 3.82. The molecule has 20 heavy (non-hydrogen) atoms.